The number of benzene rings is 2. The molecule has 2 aromatic carbocycles. The van der Waals surface area contributed by atoms with Gasteiger partial charge in [-0.3, -0.25) is 9.59 Å². The summed E-state index contributed by atoms with van der Waals surface area (Å²) in [5, 5.41) is 5.73. The Hall–Kier alpha value is -3.15. The van der Waals surface area contributed by atoms with Crippen LogP contribution in [0.4, 0.5) is 5.69 Å². The maximum Gasteiger partial charge on any atom is 0.251 e. The second-order valence-electron chi connectivity index (χ2n) is 7.73. The van der Waals surface area contributed by atoms with E-state index in [1.165, 1.54) is 12.5 Å². The Morgan fingerprint density at radius 2 is 1.83 bits per heavy atom. The van der Waals surface area contributed by atoms with Gasteiger partial charge in [-0.2, -0.15) is 0 Å². The Bertz CT molecular complexity index is 990. The second kappa shape index (κ2) is 9.37. The van der Waals surface area contributed by atoms with Crippen molar-refractivity contribution in [1.29, 1.82) is 0 Å². The van der Waals surface area contributed by atoms with Crippen molar-refractivity contribution in [2.75, 3.05) is 11.9 Å². The summed E-state index contributed by atoms with van der Waals surface area (Å²) in [6.07, 6.45) is 2.57. The van der Waals surface area contributed by atoms with Gasteiger partial charge in [-0.05, 0) is 54.7 Å². The first-order valence-electron chi connectivity index (χ1n) is 10.0. The number of imidazole rings is 1. The van der Waals surface area contributed by atoms with E-state index in [0.29, 0.717) is 18.0 Å². The number of fused-ring (bicyclic) bond motifs is 1. The highest BCUT2D eigenvalue weighted by Crippen LogP contribution is 2.16. The third-order valence-electron chi connectivity index (χ3n) is 4.73. The zero-order chi connectivity index (χ0) is 20.8. The standard InChI is InChI=1S/C23H28N4O2/c1-15(2)12-13-24-23(29)18-7-10-20-21(14-18)27-22(26-20)11-6-17-4-8-19(9-5-17)25-16(3)28/h4-5,7-10,14-15H,6,11-13H2,1-3H3,(H,24,29)(H,25,28)(H,26,27). The molecule has 0 spiro atoms. The van der Waals surface area contributed by atoms with Crippen molar-refractivity contribution < 1.29 is 9.59 Å². The molecule has 0 aliphatic carbocycles. The molecule has 1 heterocycles. The van der Waals surface area contributed by atoms with E-state index in [2.05, 4.69) is 34.4 Å². The fourth-order valence-electron chi connectivity index (χ4n) is 3.12. The lowest BCUT2D eigenvalue weighted by atomic mass is 10.1. The molecule has 6 heteroatoms. The summed E-state index contributed by atoms with van der Waals surface area (Å²) >= 11 is 0. The number of anilines is 1. The van der Waals surface area contributed by atoms with E-state index in [1.807, 2.05) is 42.5 Å². The van der Waals surface area contributed by atoms with Gasteiger partial charge in [0, 0.05) is 31.1 Å². The summed E-state index contributed by atoms with van der Waals surface area (Å²) in [5.41, 5.74) is 4.34. The van der Waals surface area contributed by atoms with Crippen LogP contribution in [0.25, 0.3) is 11.0 Å². The molecule has 3 N–H and O–H groups in total. The Balaban J connectivity index is 1.61. The number of nitrogens with zero attached hydrogens (tertiary/aromatic N) is 1. The molecule has 6 nitrogen and oxygen atoms in total. The summed E-state index contributed by atoms with van der Waals surface area (Å²) in [4.78, 5) is 31.4. The minimum Gasteiger partial charge on any atom is -0.352 e. The van der Waals surface area contributed by atoms with E-state index >= 15 is 0 Å². The first-order valence-corrected chi connectivity index (χ1v) is 10.0. The zero-order valence-corrected chi connectivity index (χ0v) is 17.2. The van der Waals surface area contributed by atoms with E-state index in [-0.39, 0.29) is 11.8 Å². The number of carbonyl (C=O) groups is 2. The van der Waals surface area contributed by atoms with Crippen molar-refractivity contribution in [2.45, 2.75) is 40.0 Å². The molecule has 0 saturated heterocycles. The molecule has 29 heavy (non-hydrogen) atoms. The highest BCUT2D eigenvalue weighted by Gasteiger charge is 2.09. The Labute approximate surface area is 171 Å². The average Bonchev–Trinajstić information content (AvgIpc) is 3.08. The van der Waals surface area contributed by atoms with Crippen molar-refractivity contribution in [3.63, 3.8) is 0 Å². The van der Waals surface area contributed by atoms with Gasteiger partial charge in [0.25, 0.3) is 5.91 Å². The lowest BCUT2D eigenvalue weighted by molar-refractivity contribution is -0.114. The number of amides is 2. The molecule has 152 valence electrons. The molecule has 1 aromatic heterocycles. The third-order valence-corrected chi connectivity index (χ3v) is 4.73. The molecule has 0 aliphatic rings. The number of H-pyrrole nitrogens is 1. The van der Waals surface area contributed by atoms with E-state index < -0.39 is 0 Å². The molecule has 2 amide bonds. The first-order chi connectivity index (χ1) is 13.9. The van der Waals surface area contributed by atoms with Gasteiger partial charge >= 0.3 is 0 Å². The molecule has 3 rings (SSSR count). The predicted molar refractivity (Wildman–Crippen MR) is 116 cm³/mol. The molecule has 0 fully saturated rings. The normalized spacial score (nSPS) is 11.0. The van der Waals surface area contributed by atoms with Gasteiger partial charge in [0.2, 0.25) is 5.91 Å². The van der Waals surface area contributed by atoms with Crippen LogP contribution in [0, 0.1) is 5.92 Å². The largest absolute Gasteiger partial charge is 0.352 e. The monoisotopic (exact) mass is 392 g/mol. The quantitative estimate of drug-likeness (QED) is 0.540. The molecule has 3 aromatic rings. The van der Waals surface area contributed by atoms with Gasteiger partial charge in [-0.1, -0.05) is 26.0 Å². The Morgan fingerprint density at radius 3 is 2.52 bits per heavy atom. The fourth-order valence-corrected chi connectivity index (χ4v) is 3.12. The predicted octanol–water partition coefficient (Wildman–Crippen LogP) is 4.08. The molecule has 0 atom stereocenters. The van der Waals surface area contributed by atoms with Crippen LogP contribution in [-0.4, -0.2) is 28.3 Å². The molecule has 0 unspecified atom stereocenters. The number of aryl methyl sites for hydroxylation is 2. The highest BCUT2D eigenvalue weighted by atomic mass is 16.2. The summed E-state index contributed by atoms with van der Waals surface area (Å²) < 4.78 is 0. The summed E-state index contributed by atoms with van der Waals surface area (Å²) in [6.45, 7) is 6.46. The minimum absolute atomic E-state index is 0.0528. The van der Waals surface area contributed by atoms with Gasteiger partial charge in [-0.15, -0.1) is 0 Å². The smallest absolute Gasteiger partial charge is 0.251 e. The van der Waals surface area contributed by atoms with Gasteiger partial charge in [0.05, 0.1) is 11.0 Å². The minimum atomic E-state index is -0.0759. The van der Waals surface area contributed by atoms with Crippen LogP contribution in [0.2, 0.25) is 0 Å². The lowest BCUT2D eigenvalue weighted by Gasteiger charge is -2.07. The van der Waals surface area contributed by atoms with Crippen LogP contribution in [0.15, 0.2) is 42.5 Å². The van der Waals surface area contributed by atoms with Crippen molar-refractivity contribution in [2.24, 2.45) is 5.92 Å². The number of hydrogen-bond acceptors (Lipinski definition) is 3. The molecule has 0 aliphatic heterocycles. The maximum atomic E-state index is 12.3. The molecule has 0 saturated carbocycles. The topological polar surface area (TPSA) is 86.9 Å². The fraction of sp³-hybridized carbons (Fsp3) is 0.348. The van der Waals surface area contributed by atoms with Crippen molar-refractivity contribution in [3.05, 3.63) is 59.4 Å². The highest BCUT2D eigenvalue weighted by molar-refractivity contribution is 5.97. The zero-order valence-electron chi connectivity index (χ0n) is 17.2. The van der Waals surface area contributed by atoms with Gasteiger partial charge in [-0.25, -0.2) is 4.98 Å². The van der Waals surface area contributed by atoms with Crippen LogP contribution in [-0.2, 0) is 17.6 Å². The van der Waals surface area contributed by atoms with Crippen molar-refractivity contribution in [3.8, 4) is 0 Å². The van der Waals surface area contributed by atoms with Gasteiger partial charge in [0.15, 0.2) is 0 Å². The number of aromatic amines is 1. The summed E-state index contributed by atoms with van der Waals surface area (Å²) in [7, 11) is 0. The van der Waals surface area contributed by atoms with Crippen molar-refractivity contribution >= 4 is 28.5 Å². The lowest BCUT2D eigenvalue weighted by Crippen LogP contribution is -2.25. The Kier molecular flexibility index (Phi) is 6.65. The SMILES string of the molecule is CC(=O)Nc1ccc(CCc2nc3ccc(C(=O)NCCC(C)C)cc3[nH]2)cc1. The maximum absolute atomic E-state index is 12.3. The van der Waals surface area contributed by atoms with Gasteiger partial charge < -0.3 is 15.6 Å². The summed E-state index contributed by atoms with van der Waals surface area (Å²) in [5.74, 6) is 1.33. The molecular weight excluding hydrogens is 364 g/mol. The number of aromatic nitrogens is 2. The third kappa shape index (κ3) is 5.91. The van der Waals surface area contributed by atoms with Crippen LogP contribution in [0.1, 0.15) is 48.9 Å². The number of hydrogen-bond donors (Lipinski definition) is 3. The van der Waals surface area contributed by atoms with E-state index in [0.717, 1.165) is 41.8 Å². The number of rotatable bonds is 8. The van der Waals surface area contributed by atoms with E-state index in [1.54, 1.807) is 0 Å². The number of nitrogens with one attached hydrogen (secondary N) is 3. The van der Waals surface area contributed by atoms with Crippen LogP contribution >= 0.6 is 0 Å². The Morgan fingerprint density at radius 1 is 1.07 bits per heavy atom. The van der Waals surface area contributed by atoms with Crippen LogP contribution < -0.4 is 10.6 Å². The van der Waals surface area contributed by atoms with E-state index in [4.69, 9.17) is 0 Å². The molecule has 0 bridgehead atoms. The van der Waals surface area contributed by atoms with Crippen molar-refractivity contribution in [1.82, 2.24) is 15.3 Å². The summed E-state index contributed by atoms with van der Waals surface area (Å²) in [6, 6.07) is 13.4. The average molecular weight is 393 g/mol. The van der Waals surface area contributed by atoms with Crippen LogP contribution in [0.3, 0.4) is 0 Å². The van der Waals surface area contributed by atoms with Crippen LogP contribution in [0.5, 0.6) is 0 Å². The number of carbonyl (C=O) groups excluding carboxylic acids is 2. The molecule has 0 radical (unpaired) electrons. The second-order valence-corrected chi connectivity index (χ2v) is 7.73. The molecular formula is C23H28N4O2. The van der Waals surface area contributed by atoms with E-state index in [9.17, 15) is 9.59 Å². The van der Waals surface area contributed by atoms with Gasteiger partial charge in [0.1, 0.15) is 5.82 Å². The first kappa shape index (κ1) is 20.6.